The van der Waals surface area contributed by atoms with Crippen LogP contribution in [0, 0.1) is 18.6 Å². The Bertz CT molecular complexity index is 1950. The third-order valence-corrected chi connectivity index (χ3v) is 8.80. The van der Waals surface area contributed by atoms with Gasteiger partial charge in [0, 0.05) is 55.4 Å². The van der Waals surface area contributed by atoms with Crippen molar-refractivity contribution in [2.75, 3.05) is 42.1 Å². The molecule has 43 heavy (non-hydrogen) atoms. The number of anilines is 2. The van der Waals surface area contributed by atoms with E-state index in [9.17, 15) is 22.4 Å². The Labute approximate surface area is 247 Å². The van der Waals surface area contributed by atoms with Gasteiger partial charge >= 0.3 is 5.69 Å². The van der Waals surface area contributed by atoms with Gasteiger partial charge in [0.05, 0.1) is 17.5 Å². The summed E-state index contributed by atoms with van der Waals surface area (Å²) in [4.78, 5) is 38.3. The van der Waals surface area contributed by atoms with Crippen LogP contribution in [0.4, 0.5) is 20.4 Å². The van der Waals surface area contributed by atoms with E-state index in [4.69, 9.17) is 0 Å². The van der Waals surface area contributed by atoms with E-state index in [1.54, 1.807) is 24.0 Å². The molecule has 0 bridgehead atoms. The van der Waals surface area contributed by atoms with E-state index in [1.807, 2.05) is 11.8 Å². The van der Waals surface area contributed by atoms with E-state index < -0.39 is 27.3 Å². The maximum Gasteiger partial charge on any atom is 0.354 e. The molecule has 10 nitrogen and oxygen atoms in total. The molecule has 0 spiro atoms. The zero-order valence-electron chi connectivity index (χ0n) is 24.1. The van der Waals surface area contributed by atoms with Crippen molar-refractivity contribution in [2.45, 2.75) is 19.9 Å². The smallest absolute Gasteiger partial charge is 0.350 e. The number of benzene rings is 2. The quantitative estimate of drug-likeness (QED) is 0.308. The van der Waals surface area contributed by atoms with E-state index in [2.05, 4.69) is 16.5 Å². The molecule has 0 unspecified atom stereocenters. The monoisotopic (exact) mass is 608 g/mol. The average Bonchev–Trinajstić information content (AvgIpc) is 2.96. The number of carbonyl (C=O) groups excluding carboxylic acids is 1. The summed E-state index contributed by atoms with van der Waals surface area (Å²) in [5.41, 5.74) is -0.0778. The van der Waals surface area contributed by atoms with Crippen molar-refractivity contribution < 1.29 is 22.0 Å². The third kappa shape index (κ3) is 5.36. The normalized spacial score (nSPS) is 15.5. The number of carbonyl (C=O) groups is 1. The van der Waals surface area contributed by atoms with Crippen LogP contribution in [0.15, 0.2) is 66.1 Å². The minimum atomic E-state index is -3.80. The van der Waals surface area contributed by atoms with Crippen LogP contribution in [0.5, 0.6) is 0 Å². The SMILES string of the molecule is C=CC(=O)N1CCN(c2nc(=O)n(-c3c(C)ccnc3N(C)S(C)(=O)=O)c3cc(-c4ccccc4F)c(F)cc23)[C@@H](C)C1. The fraction of sp³-hybridized carbons (Fsp3) is 0.267. The maximum atomic E-state index is 15.9. The zero-order chi connectivity index (χ0) is 31.2. The van der Waals surface area contributed by atoms with E-state index in [-0.39, 0.29) is 51.3 Å². The first-order valence-electron chi connectivity index (χ1n) is 13.4. The molecule has 4 aromatic rings. The number of hydrogen-bond acceptors (Lipinski definition) is 7. The molecule has 5 rings (SSSR count). The van der Waals surface area contributed by atoms with Crippen LogP contribution in [0.25, 0.3) is 27.7 Å². The second kappa shape index (κ2) is 11.2. The number of aryl methyl sites for hydroxylation is 1. The van der Waals surface area contributed by atoms with Gasteiger partial charge in [0.15, 0.2) is 5.82 Å². The van der Waals surface area contributed by atoms with Gasteiger partial charge in [-0.3, -0.25) is 13.7 Å². The Morgan fingerprint density at radius 1 is 1.12 bits per heavy atom. The lowest BCUT2D eigenvalue weighted by Crippen LogP contribution is -2.54. The third-order valence-electron chi connectivity index (χ3n) is 7.64. The standard InChI is InChI=1S/C30H30F2N6O4S/c1-6-26(39)36-13-14-37(19(3)17-36)28-22-15-24(32)21(20-9-7-8-10-23(20)31)16-25(22)38(30(40)34-28)27-18(2)11-12-33-29(27)35(4)43(5,41)42/h6-12,15-16,19H,1,13-14,17H2,2-5H3/t19-/m0/s1. The molecule has 224 valence electrons. The van der Waals surface area contributed by atoms with Crippen LogP contribution >= 0.6 is 0 Å². The Morgan fingerprint density at radius 3 is 2.49 bits per heavy atom. The predicted octanol–water partition coefficient (Wildman–Crippen LogP) is 3.65. The van der Waals surface area contributed by atoms with Gasteiger partial charge in [-0.1, -0.05) is 24.8 Å². The molecule has 0 saturated carbocycles. The lowest BCUT2D eigenvalue weighted by atomic mass is 10.0. The number of amides is 1. The van der Waals surface area contributed by atoms with Crippen molar-refractivity contribution in [3.05, 3.63) is 89.0 Å². The molecule has 13 heteroatoms. The molecule has 1 fully saturated rings. The lowest BCUT2D eigenvalue weighted by molar-refractivity contribution is -0.126. The highest BCUT2D eigenvalue weighted by atomic mass is 32.2. The summed E-state index contributed by atoms with van der Waals surface area (Å²) in [5.74, 6) is -1.48. The summed E-state index contributed by atoms with van der Waals surface area (Å²) < 4.78 is 58.0. The number of sulfonamides is 1. The fourth-order valence-electron chi connectivity index (χ4n) is 5.35. The Hall–Kier alpha value is -4.65. The summed E-state index contributed by atoms with van der Waals surface area (Å²) in [6.45, 7) is 8.03. The van der Waals surface area contributed by atoms with E-state index in [0.29, 0.717) is 25.2 Å². The molecule has 2 aromatic heterocycles. The summed E-state index contributed by atoms with van der Waals surface area (Å²) in [6.07, 6.45) is 3.66. The van der Waals surface area contributed by atoms with Crippen molar-refractivity contribution >= 4 is 38.5 Å². The molecule has 2 aromatic carbocycles. The van der Waals surface area contributed by atoms with Gasteiger partial charge < -0.3 is 9.80 Å². The van der Waals surface area contributed by atoms with Gasteiger partial charge in [-0.05, 0) is 49.8 Å². The van der Waals surface area contributed by atoms with Crippen molar-refractivity contribution in [3.63, 3.8) is 0 Å². The minimum Gasteiger partial charge on any atom is -0.350 e. The predicted molar refractivity (Wildman–Crippen MR) is 162 cm³/mol. The number of pyridine rings is 1. The molecule has 0 N–H and O–H groups in total. The first-order valence-corrected chi connectivity index (χ1v) is 15.3. The second-order valence-corrected chi connectivity index (χ2v) is 12.5. The highest BCUT2D eigenvalue weighted by molar-refractivity contribution is 7.92. The number of aromatic nitrogens is 3. The minimum absolute atomic E-state index is 0.0134. The van der Waals surface area contributed by atoms with Crippen LogP contribution in [0.2, 0.25) is 0 Å². The number of nitrogens with zero attached hydrogens (tertiary/aromatic N) is 6. The van der Waals surface area contributed by atoms with Crippen molar-refractivity contribution in [1.82, 2.24) is 19.4 Å². The molecular formula is C30H30F2N6O4S. The van der Waals surface area contributed by atoms with E-state index >= 15 is 4.39 Å². The summed E-state index contributed by atoms with van der Waals surface area (Å²) >= 11 is 0. The van der Waals surface area contributed by atoms with Crippen LogP contribution in [-0.2, 0) is 14.8 Å². The Balaban J connectivity index is 1.84. The molecule has 0 radical (unpaired) electrons. The maximum absolute atomic E-state index is 15.9. The van der Waals surface area contributed by atoms with Crippen LogP contribution < -0.4 is 14.9 Å². The van der Waals surface area contributed by atoms with Gasteiger partial charge in [-0.25, -0.2) is 27.0 Å². The highest BCUT2D eigenvalue weighted by Gasteiger charge is 2.31. The Morgan fingerprint density at radius 2 is 1.84 bits per heavy atom. The van der Waals surface area contributed by atoms with E-state index in [1.165, 1.54) is 54.2 Å². The summed E-state index contributed by atoms with van der Waals surface area (Å²) in [7, 11) is -2.49. The second-order valence-electron chi connectivity index (χ2n) is 10.4. The number of fused-ring (bicyclic) bond motifs is 1. The molecule has 1 amide bonds. The molecule has 1 aliphatic heterocycles. The largest absolute Gasteiger partial charge is 0.354 e. The van der Waals surface area contributed by atoms with Crippen LogP contribution in [0.3, 0.4) is 0 Å². The van der Waals surface area contributed by atoms with Gasteiger partial charge in [0.25, 0.3) is 0 Å². The first-order chi connectivity index (χ1) is 20.3. The van der Waals surface area contributed by atoms with Crippen molar-refractivity contribution in [1.29, 1.82) is 0 Å². The highest BCUT2D eigenvalue weighted by Crippen LogP contribution is 2.36. The Kier molecular flexibility index (Phi) is 7.78. The van der Waals surface area contributed by atoms with Crippen LogP contribution in [0.1, 0.15) is 12.5 Å². The molecule has 1 aliphatic rings. The average molecular weight is 609 g/mol. The number of piperazine rings is 1. The van der Waals surface area contributed by atoms with Gasteiger partial charge in [-0.15, -0.1) is 0 Å². The van der Waals surface area contributed by atoms with Crippen molar-refractivity contribution in [2.24, 2.45) is 0 Å². The van der Waals surface area contributed by atoms with Crippen LogP contribution in [-0.4, -0.2) is 72.7 Å². The molecular weight excluding hydrogens is 578 g/mol. The summed E-state index contributed by atoms with van der Waals surface area (Å²) in [5, 5.41) is 0.240. The van der Waals surface area contributed by atoms with Crippen molar-refractivity contribution in [3.8, 4) is 16.8 Å². The first kappa shape index (κ1) is 29.8. The molecule has 1 saturated heterocycles. The van der Waals surface area contributed by atoms with Gasteiger partial charge in [0.1, 0.15) is 17.5 Å². The summed E-state index contributed by atoms with van der Waals surface area (Å²) in [6, 6.07) is 9.58. The van der Waals surface area contributed by atoms with Gasteiger partial charge in [-0.2, -0.15) is 4.98 Å². The fourth-order valence-corrected chi connectivity index (χ4v) is 5.80. The molecule has 3 heterocycles. The number of halogens is 2. The topological polar surface area (TPSA) is 109 Å². The lowest BCUT2D eigenvalue weighted by Gasteiger charge is -2.40. The van der Waals surface area contributed by atoms with E-state index in [0.717, 1.165) is 10.6 Å². The number of hydrogen-bond donors (Lipinski definition) is 0. The zero-order valence-corrected chi connectivity index (χ0v) is 24.9. The molecule has 0 aliphatic carbocycles. The molecule has 1 atom stereocenters. The number of rotatable bonds is 6. The van der Waals surface area contributed by atoms with Gasteiger partial charge in [0.2, 0.25) is 15.9 Å².